The first-order valence-corrected chi connectivity index (χ1v) is 6.88. The molecule has 1 atom stereocenters. The van der Waals surface area contributed by atoms with Crippen LogP contribution >= 0.6 is 11.6 Å². The molecule has 0 saturated heterocycles. The zero-order valence-electron chi connectivity index (χ0n) is 12.3. The Kier molecular flexibility index (Phi) is 4.46. The van der Waals surface area contributed by atoms with E-state index in [1.54, 1.807) is 10.7 Å². The predicted molar refractivity (Wildman–Crippen MR) is 79.9 cm³/mol. The maximum atomic E-state index is 12.0. The first-order chi connectivity index (χ1) is 10.3. The summed E-state index contributed by atoms with van der Waals surface area (Å²) in [7, 11) is 0. The number of aryl methyl sites for hydroxylation is 2. The molecule has 7 nitrogen and oxygen atoms in total. The second kappa shape index (κ2) is 6.15. The van der Waals surface area contributed by atoms with Gasteiger partial charge in [-0.25, -0.2) is 14.5 Å². The van der Waals surface area contributed by atoms with Crippen LogP contribution in [0, 0.1) is 13.8 Å². The number of ether oxygens (including phenoxy) is 1. The molecule has 0 aliphatic heterocycles. The molecule has 2 heterocycles. The van der Waals surface area contributed by atoms with Crippen molar-refractivity contribution >= 4 is 23.5 Å². The molecule has 1 amide bonds. The number of primary amides is 1. The molecular weight excluding hydrogens is 308 g/mol. The summed E-state index contributed by atoms with van der Waals surface area (Å²) in [4.78, 5) is 27.2. The molecule has 0 fully saturated rings. The van der Waals surface area contributed by atoms with Crippen LogP contribution in [0.25, 0.3) is 5.82 Å². The SMILES string of the molecule is Cc1cc(C)n(-c2ccc(Cl)c(C(=O)OC(C)C(N)=O)n2)n1. The van der Waals surface area contributed by atoms with Crippen molar-refractivity contribution < 1.29 is 14.3 Å². The number of nitrogens with zero attached hydrogens (tertiary/aromatic N) is 3. The molecule has 0 bridgehead atoms. The standard InChI is InChI=1S/C14H15ClN4O3/c1-7-6-8(2)19(18-7)11-5-4-10(15)12(17-11)14(21)22-9(3)13(16)20/h4-6,9H,1-3H3,(H2,16,20). The van der Waals surface area contributed by atoms with Gasteiger partial charge in [0.25, 0.3) is 5.91 Å². The summed E-state index contributed by atoms with van der Waals surface area (Å²) in [5, 5.41) is 4.40. The lowest BCUT2D eigenvalue weighted by Gasteiger charge is -2.11. The topological polar surface area (TPSA) is 100 Å². The van der Waals surface area contributed by atoms with Gasteiger partial charge in [-0.2, -0.15) is 5.10 Å². The minimum atomic E-state index is -1.07. The fraction of sp³-hybridized carbons (Fsp3) is 0.286. The van der Waals surface area contributed by atoms with Crippen LogP contribution in [0.5, 0.6) is 0 Å². The number of hydrogen-bond acceptors (Lipinski definition) is 5. The maximum Gasteiger partial charge on any atom is 0.359 e. The van der Waals surface area contributed by atoms with Crippen molar-refractivity contribution in [3.63, 3.8) is 0 Å². The van der Waals surface area contributed by atoms with Crippen LogP contribution in [-0.4, -0.2) is 32.7 Å². The molecule has 2 aromatic heterocycles. The minimum absolute atomic E-state index is 0.0974. The highest BCUT2D eigenvalue weighted by Crippen LogP contribution is 2.19. The van der Waals surface area contributed by atoms with Crippen molar-refractivity contribution in [3.05, 3.63) is 40.3 Å². The highest BCUT2D eigenvalue weighted by molar-refractivity contribution is 6.33. The molecule has 8 heteroatoms. The molecule has 116 valence electrons. The van der Waals surface area contributed by atoms with Gasteiger partial charge in [0.15, 0.2) is 17.6 Å². The smallest absolute Gasteiger partial charge is 0.359 e. The van der Waals surface area contributed by atoms with Gasteiger partial charge in [-0.15, -0.1) is 0 Å². The van der Waals surface area contributed by atoms with Crippen molar-refractivity contribution in [3.8, 4) is 5.82 Å². The second-order valence-corrected chi connectivity index (χ2v) is 5.20. The molecule has 22 heavy (non-hydrogen) atoms. The average molecular weight is 323 g/mol. The number of halogens is 1. The first-order valence-electron chi connectivity index (χ1n) is 6.50. The normalized spacial score (nSPS) is 12.0. The number of esters is 1. The molecular formula is C14H15ClN4O3. The Morgan fingerprint density at radius 1 is 1.36 bits per heavy atom. The third-order valence-corrected chi connectivity index (χ3v) is 3.24. The first kappa shape index (κ1) is 16.0. The Labute approximate surface area is 132 Å². The van der Waals surface area contributed by atoms with E-state index in [-0.39, 0.29) is 10.7 Å². The molecule has 0 aliphatic carbocycles. The quantitative estimate of drug-likeness (QED) is 0.861. The molecule has 0 aromatic carbocycles. The van der Waals surface area contributed by atoms with E-state index in [4.69, 9.17) is 22.1 Å². The summed E-state index contributed by atoms with van der Waals surface area (Å²) < 4.78 is 6.50. The molecule has 2 N–H and O–H groups in total. The van der Waals surface area contributed by atoms with Crippen molar-refractivity contribution in [1.29, 1.82) is 0 Å². The number of pyridine rings is 1. The maximum absolute atomic E-state index is 12.0. The van der Waals surface area contributed by atoms with E-state index in [1.807, 2.05) is 19.9 Å². The summed E-state index contributed by atoms with van der Waals surface area (Å²) in [6, 6.07) is 5.03. The highest BCUT2D eigenvalue weighted by Gasteiger charge is 2.21. The lowest BCUT2D eigenvalue weighted by atomic mass is 10.3. The van der Waals surface area contributed by atoms with Crippen LogP contribution in [0.15, 0.2) is 18.2 Å². The van der Waals surface area contributed by atoms with E-state index >= 15 is 0 Å². The Balaban J connectivity index is 2.37. The van der Waals surface area contributed by atoms with Gasteiger partial charge in [0.1, 0.15) is 0 Å². The fourth-order valence-electron chi connectivity index (χ4n) is 1.83. The number of amides is 1. The number of carbonyl (C=O) groups excluding carboxylic acids is 2. The highest BCUT2D eigenvalue weighted by atomic mass is 35.5. The number of hydrogen-bond donors (Lipinski definition) is 1. The lowest BCUT2D eigenvalue weighted by molar-refractivity contribution is -0.125. The van der Waals surface area contributed by atoms with Crippen molar-refractivity contribution in [1.82, 2.24) is 14.8 Å². The molecule has 0 radical (unpaired) electrons. The van der Waals surface area contributed by atoms with E-state index in [9.17, 15) is 9.59 Å². The summed E-state index contributed by atoms with van der Waals surface area (Å²) >= 11 is 5.98. The van der Waals surface area contributed by atoms with Crippen LogP contribution in [0.4, 0.5) is 0 Å². The lowest BCUT2D eigenvalue weighted by Crippen LogP contribution is -2.30. The third-order valence-electron chi connectivity index (χ3n) is 2.94. The van der Waals surface area contributed by atoms with E-state index in [1.165, 1.54) is 13.0 Å². The van der Waals surface area contributed by atoms with Crippen molar-refractivity contribution in [2.45, 2.75) is 26.9 Å². The summed E-state index contributed by atoms with van der Waals surface area (Å²) in [5.74, 6) is -1.15. The Hall–Kier alpha value is -2.41. The molecule has 2 rings (SSSR count). The Morgan fingerprint density at radius 2 is 2.05 bits per heavy atom. The molecule has 0 aliphatic rings. The van der Waals surface area contributed by atoms with Crippen LogP contribution < -0.4 is 5.73 Å². The summed E-state index contributed by atoms with van der Waals surface area (Å²) in [6.07, 6.45) is -1.07. The van der Waals surface area contributed by atoms with Crippen LogP contribution in [0.3, 0.4) is 0 Å². The van der Waals surface area contributed by atoms with Gasteiger partial charge >= 0.3 is 5.97 Å². The van der Waals surface area contributed by atoms with Crippen LogP contribution in [0.2, 0.25) is 5.02 Å². The average Bonchev–Trinajstić information content (AvgIpc) is 2.78. The molecule has 2 aromatic rings. The second-order valence-electron chi connectivity index (χ2n) is 4.79. The van der Waals surface area contributed by atoms with E-state index in [0.29, 0.717) is 5.82 Å². The van der Waals surface area contributed by atoms with Crippen LogP contribution in [-0.2, 0) is 9.53 Å². The molecule has 0 spiro atoms. The van der Waals surface area contributed by atoms with Crippen molar-refractivity contribution in [2.75, 3.05) is 0 Å². The number of aromatic nitrogens is 3. The van der Waals surface area contributed by atoms with Gasteiger partial charge in [-0.1, -0.05) is 11.6 Å². The molecule has 1 unspecified atom stereocenters. The van der Waals surface area contributed by atoms with Gasteiger partial charge in [0, 0.05) is 5.69 Å². The summed E-state index contributed by atoms with van der Waals surface area (Å²) in [5.41, 5.74) is 6.64. The van der Waals surface area contributed by atoms with Crippen molar-refractivity contribution in [2.24, 2.45) is 5.73 Å². The predicted octanol–water partition coefficient (Wildman–Crippen LogP) is 1.57. The van der Waals surface area contributed by atoms with Gasteiger partial charge in [0.05, 0.1) is 10.7 Å². The van der Waals surface area contributed by atoms with Gasteiger partial charge < -0.3 is 10.5 Å². The minimum Gasteiger partial charge on any atom is -0.448 e. The number of nitrogens with two attached hydrogens (primary N) is 1. The Bertz CT molecular complexity index is 742. The monoisotopic (exact) mass is 322 g/mol. The largest absolute Gasteiger partial charge is 0.448 e. The van der Waals surface area contributed by atoms with Gasteiger partial charge in [-0.05, 0) is 39.0 Å². The van der Waals surface area contributed by atoms with E-state index in [2.05, 4.69) is 10.1 Å². The zero-order valence-corrected chi connectivity index (χ0v) is 13.1. The van der Waals surface area contributed by atoms with Gasteiger partial charge in [-0.3, -0.25) is 4.79 Å². The summed E-state index contributed by atoms with van der Waals surface area (Å²) in [6.45, 7) is 5.09. The van der Waals surface area contributed by atoms with Crippen LogP contribution in [0.1, 0.15) is 28.8 Å². The molecule has 0 saturated carbocycles. The number of carbonyl (C=O) groups is 2. The van der Waals surface area contributed by atoms with Gasteiger partial charge in [0.2, 0.25) is 0 Å². The van der Waals surface area contributed by atoms with E-state index < -0.39 is 18.0 Å². The third kappa shape index (κ3) is 3.25. The Morgan fingerprint density at radius 3 is 2.59 bits per heavy atom. The zero-order chi connectivity index (χ0) is 16.4. The number of rotatable bonds is 4. The van der Waals surface area contributed by atoms with E-state index in [0.717, 1.165) is 11.4 Å². The fourth-order valence-corrected chi connectivity index (χ4v) is 2.01.